The normalized spacial score (nSPS) is 18.8. The fraction of sp³-hybridized carbons (Fsp3) is 0.500. The van der Waals surface area contributed by atoms with Gasteiger partial charge in [0.25, 0.3) is 0 Å². The summed E-state index contributed by atoms with van der Waals surface area (Å²) in [6.45, 7) is 4.08. The Balaban J connectivity index is 2.41. The molecule has 0 aromatic heterocycles. The summed E-state index contributed by atoms with van der Waals surface area (Å²) in [4.78, 5) is 11.2. The minimum atomic E-state index is -0.870. The van der Waals surface area contributed by atoms with Crippen LogP contribution in [0.2, 0.25) is 0 Å². The second-order valence-electron chi connectivity index (χ2n) is 4.93. The molecule has 1 N–H and O–H groups in total. The van der Waals surface area contributed by atoms with Crippen molar-refractivity contribution in [2.24, 2.45) is 0 Å². The molecule has 2 rings (SSSR count). The lowest BCUT2D eigenvalue weighted by molar-refractivity contribution is -0.150. The van der Waals surface area contributed by atoms with Gasteiger partial charge in [-0.3, -0.25) is 0 Å². The second kappa shape index (κ2) is 4.15. The summed E-state index contributed by atoms with van der Waals surface area (Å²) in [5, 5.41) is 9.23. The smallest absolute Gasteiger partial charge is 0.333 e. The number of aliphatic carboxylic acids is 1. The third-order valence-corrected chi connectivity index (χ3v) is 3.67. The van der Waals surface area contributed by atoms with Gasteiger partial charge in [0.1, 0.15) is 0 Å². The number of hydrogen-bond donors (Lipinski definition) is 1. The fourth-order valence-corrected chi connectivity index (χ4v) is 2.74. The van der Waals surface area contributed by atoms with Crippen LogP contribution >= 0.6 is 0 Å². The highest BCUT2D eigenvalue weighted by Crippen LogP contribution is 2.53. The number of methoxy groups -OCH3 is 1. The van der Waals surface area contributed by atoms with Gasteiger partial charge in [0.2, 0.25) is 0 Å². The van der Waals surface area contributed by atoms with E-state index in [0.717, 1.165) is 24.0 Å². The SMILES string of the molecule is COC(C(=O)O)C1(c2ccc(C)cc2C)CC1. The zero-order valence-electron chi connectivity index (χ0n) is 10.5. The molecule has 3 nitrogen and oxygen atoms in total. The first-order chi connectivity index (χ1) is 8.01. The van der Waals surface area contributed by atoms with Crippen LogP contribution in [-0.2, 0) is 14.9 Å². The van der Waals surface area contributed by atoms with Gasteiger partial charge >= 0.3 is 5.97 Å². The molecule has 0 radical (unpaired) electrons. The van der Waals surface area contributed by atoms with E-state index in [-0.39, 0.29) is 5.41 Å². The topological polar surface area (TPSA) is 46.5 Å². The summed E-state index contributed by atoms with van der Waals surface area (Å²) in [5.41, 5.74) is 3.17. The highest BCUT2D eigenvalue weighted by atomic mass is 16.5. The summed E-state index contributed by atoms with van der Waals surface area (Å²) < 4.78 is 5.18. The van der Waals surface area contributed by atoms with Crippen molar-refractivity contribution in [1.29, 1.82) is 0 Å². The number of rotatable bonds is 4. The van der Waals surface area contributed by atoms with Crippen LogP contribution in [-0.4, -0.2) is 24.3 Å². The van der Waals surface area contributed by atoms with Crippen LogP contribution in [0.1, 0.15) is 29.5 Å². The summed E-state index contributed by atoms with van der Waals surface area (Å²) in [6.07, 6.45) is 1.05. The average molecular weight is 234 g/mol. The van der Waals surface area contributed by atoms with Gasteiger partial charge in [0, 0.05) is 12.5 Å². The molecule has 0 saturated heterocycles. The van der Waals surface area contributed by atoms with Crippen molar-refractivity contribution in [2.75, 3.05) is 7.11 Å². The third kappa shape index (κ3) is 1.95. The number of carboxylic acids is 1. The maximum absolute atomic E-state index is 11.2. The van der Waals surface area contributed by atoms with E-state index in [1.165, 1.54) is 12.7 Å². The first-order valence-electron chi connectivity index (χ1n) is 5.84. The summed E-state index contributed by atoms with van der Waals surface area (Å²) in [5.74, 6) is -0.870. The fourth-order valence-electron chi connectivity index (χ4n) is 2.74. The Morgan fingerprint density at radius 3 is 2.47 bits per heavy atom. The monoisotopic (exact) mass is 234 g/mol. The molecule has 1 unspecified atom stereocenters. The van der Waals surface area contributed by atoms with Crippen LogP contribution in [0.25, 0.3) is 0 Å². The van der Waals surface area contributed by atoms with Crippen molar-refractivity contribution < 1.29 is 14.6 Å². The van der Waals surface area contributed by atoms with E-state index in [1.807, 2.05) is 26.0 Å². The maximum Gasteiger partial charge on any atom is 0.333 e. The number of carbonyl (C=O) groups is 1. The molecule has 1 aromatic carbocycles. The van der Waals surface area contributed by atoms with Gasteiger partial charge in [-0.2, -0.15) is 0 Å². The lowest BCUT2D eigenvalue weighted by atomic mass is 9.86. The van der Waals surface area contributed by atoms with Crippen molar-refractivity contribution in [3.8, 4) is 0 Å². The standard InChI is InChI=1S/C14H18O3/c1-9-4-5-11(10(2)8-9)14(6-7-14)12(17-3)13(15)16/h4-5,8,12H,6-7H2,1-3H3,(H,15,16). The van der Waals surface area contributed by atoms with Crippen LogP contribution in [0.3, 0.4) is 0 Å². The van der Waals surface area contributed by atoms with Crippen LogP contribution in [0.4, 0.5) is 0 Å². The molecule has 3 heteroatoms. The largest absolute Gasteiger partial charge is 0.479 e. The van der Waals surface area contributed by atoms with E-state index < -0.39 is 12.1 Å². The molecule has 0 aliphatic heterocycles. The number of aryl methyl sites for hydroxylation is 2. The molecular weight excluding hydrogens is 216 g/mol. The minimum Gasteiger partial charge on any atom is -0.479 e. The molecule has 0 bridgehead atoms. The lowest BCUT2D eigenvalue weighted by Gasteiger charge is -2.24. The summed E-state index contributed by atoms with van der Waals surface area (Å²) in [7, 11) is 1.47. The second-order valence-corrected chi connectivity index (χ2v) is 4.93. The quantitative estimate of drug-likeness (QED) is 0.870. The molecule has 92 valence electrons. The van der Waals surface area contributed by atoms with Gasteiger partial charge in [-0.25, -0.2) is 4.79 Å². The highest BCUT2D eigenvalue weighted by molar-refractivity contribution is 5.76. The average Bonchev–Trinajstić information content (AvgIpc) is 2.99. The molecule has 17 heavy (non-hydrogen) atoms. The number of ether oxygens (including phenoxy) is 1. The molecule has 1 aliphatic rings. The van der Waals surface area contributed by atoms with Crippen molar-refractivity contribution in [3.63, 3.8) is 0 Å². The predicted molar refractivity (Wildman–Crippen MR) is 65.3 cm³/mol. The van der Waals surface area contributed by atoms with Gasteiger partial charge in [-0.05, 0) is 37.8 Å². The van der Waals surface area contributed by atoms with Gasteiger partial charge in [0.05, 0.1) is 0 Å². The van der Waals surface area contributed by atoms with E-state index in [1.54, 1.807) is 0 Å². The zero-order chi connectivity index (χ0) is 12.6. The Kier molecular flexibility index (Phi) is 2.96. The van der Waals surface area contributed by atoms with E-state index in [9.17, 15) is 9.90 Å². The van der Waals surface area contributed by atoms with Gasteiger partial charge in [0.15, 0.2) is 6.10 Å². The number of hydrogen-bond acceptors (Lipinski definition) is 2. The molecule has 0 heterocycles. The molecular formula is C14H18O3. The summed E-state index contributed by atoms with van der Waals surface area (Å²) >= 11 is 0. The molecule has 0 amide bonds. The Morgan fingerprint density at radius 1 is 1.41 bits per heavy atom. The Morgan fingerprint density at radius 2 is 2.06 bits per heavy atom. The predicted octanol–water partition coefficient (Wildman–Crippen LogP) is 2.43. The Bertz CT molecular complexity index is 447. The molecule has 1 saturated carbocycles. The lowest BCUT2D eigenvalue weighted by Crippen LogP contribution is -2.36. The van der Waals surface area contributed by atoms with Crippen molar-refractivity contribution >= 4 is 5.97 Å². The van der Waals surface area contributed by atoms with Crippen molar-refractivity contribution in [3.05, 3.63) is 34.9 Å². The zero-order valence-corrected chi connectivity index (χ0v) is 10.5. The molecule has 0 spiro atoms. The molecule has 1 fully saturated rings. The van der Waals surface area contributed by atoms with Crippen LogP contribution in [0.5, 0.6) is 0 Å². The molecule has 1 aromatic rings. The Labute approximate surface area is 101 Å². The third-order valence-electron chi connectivity index (χ3n) is 3.67. The molecule has 1 atom stereocenters. The van der Waals surface area contributed by atoms with Gasteiger partial charge < -0.3 is 9.84 Å². The van der Waals surface area contributed by atoms with Crippen molar-refractivity contribution in [1.82, 2.24) is 0 Å². The van der Waals surface area contributed by atoms with E-state index in [4.69, 9.17) is 4.74 Å². The van der Waals surface area contributed by atoms with Crippen LogP contribution < -0.4 is 0 Å². The highest BCUT2D eigenvalue weighted by Gasteiger charge is 2.55. The van der Waals surface area contributed by atoms with Gasteiger partial charge in [-0.1, -0.05) is 23.8 Å². The molecule has 1 aliphatic carbocycles. The van der Waals surface area contributed by atoms with E-state index >= 15 is 0 Å². The summed E-state index contributed by atoms with van der Waals surface area (Å²) in [6, 6.07) is 6.19. The first-order valence-corrected chi connectivity index (χ1v) is 5.84. The van der Waals surface area contributed by atoms with E-state index in [0.29, 0.717) is 0 Å². The Hall–Kier alpha value is -1.35. The van der Waals surface area contributed by atoms with Crippen LogP contribution in [0, 0.1) is 13.8 Å². The number of carboxylic acid groups (broad SMARTS) is 1. The number of benzene rings is 1. The minimum absolute atomic E-state index is 0.307. The van der Waals surface area contributed by atoms with E-state index in [2.05, 4.69) is 6.07 Å². The maximum atomic E-state index is 11.2. The van der Waals surface area contributed by atoms with Crippen LogP contribution in [0.15, 0.2) is 18.2 Å². The van der Waals surface area contributed by atoms with Crippen molar-refractivity contribution in [2.45, 2.75) is 38.2 Å². The first kappa shape index (κ1) is 12.1. The van der Waals surface area contributed by atoms with Gasteiger partial charge in [-0.15, -0.1) is 0 Å².